The predicted molar refractivity (Wildman–Crippen MR) is 57.0 cm³/mol. The molecule has 1 atom stereocenters. The SMILES string of the molecule is CCC(CC1(N)CC1)c1ccnn1C. The lowest BCUT2D eigenvalue weighted by molar-refractivity contribution is 0.479. The summed E-state index contributed by atoms with van der Waals surface area (Å²) in [6.45, 7) is 2.23. The van der Waals surface area contributed by atoms with Crippen molar-refractivity contribution < 1.29 is 0 Å². The van der Waals surface area contributed by atoms with Gasteiger partial charge in [-0.15, -0.1) is 0 Å². The maximum atomic E-state index is 6.15. The highest BCUT2D eigenvalue weighted by molar-refractivity contribution is 5.12. The molecule has 1 fully saturated rings. The molecule has 14 heavy (non-hydrogen) atoms. The smallest absolute Gasteiger partial charge is 0.0492 e. The van der Waals surface area contributed by atoms with Crippen LogP contribution in [-0.2, 0) is 7.05 Å². The average molecular weight is 193 g/mol. The predicted octanol–water partition coefficient (Wildman–Crippen LogP) is 1.80. The van der Waals surface area contributed by atoms with Gasteiger partial charge in [-0.1, -0.05) is 6.92 Å². The van der Waals surface area contributed by atoms with E-state index in [1.807, 2.05) is 17.9 Å². The van der Waals surface area contributed by atoms with Gasteiger partial charge in [-0.05, 0) is 31.7 Å². The van der Waals surface area contributed by atoms with E-state index in [-0.39, 0.29) is 5.54 Å². The minimum atomic E-state index is 0.144. The average Bonchev–Trinajstić information content (AvgIpc) is 2.72. The largest absolute Gasteiger partial charge is 0.325 e. The molecule has 2 N–H and O–H groups in total. The van der Waals surface area contributed by atoms with Gasteiger partial charge in [0, 0.05) is 30.4 Å². The van der Waals surface area contributed by atoms with Gasteiger partial charge in [0.25, 0.3) is 0 Å². The van der Waals surface area contributed by atoms with Crippen LogP contribution >= 0.6 is 0 Å². The lowest BCUT2D eigenvalue weighted by Crippen LogP contribution is -2.25. The summed E-state index contributed by atoms with van der Waals surface area (Å²) in [5.74, 6) is 0.579. The van der Waals surface area contributed by atoms with Crippen molar-refractivity contribution in [2.45, 2.75) is 44.1 Å². The van der Waals surface area contributed by atoms with Gasteiger partial charge >= 0.3 is 0 Å². The van der Waals surface area contributed by atoms with Crippen LogP contribution in [0.1, 0.15) is 44.2 Å². The first kappa shape index (κ1) is 9.71. The molecule has 0 aromatic carbocycles. The molecule has 3 heteroatoms. The molecule has 3 nitrogen and oxygen atoms in total. The zero-order valence-corrected chi connectivity index (χ0v) is 9.03. The monoisotopic (exact) mass is 193 g/mol. The lowest BCUT2D eigenvalue weighted by atomic mass is 9.93. The van der Waals surface area contributed by atoms with Gasteiger partial charge in [-0.3, -0.25) is 4.68 Å². The van der Waals surface area contributed by atoms with E-state index in [0.29, 0.717) is 5.92 Å². The Bertz CT molecular complexity index is 312. The van der Waals surface area contributed by atoms with Crippen LogP contribution in [0.5, 0.6) is 0 Å². The van der Waals surface area contributed by atoms with E-state index < -0.39 is 0 Å². The van der Waals surface area contributed by atoms with Gasteiger partial charge in [0.15, 0.2) is 0 Å². The number of aryl methyl sites for hydroxylation is 1. The fourth-order valence-corrected chi connectivity index (χ4v) is 2.10. The number of hydrogen-bond donors (Lipinski definition) is 1. The maximum Gasteiger partial charge on any atom is 0.0492 e. The van der Waals surface area contributed by atoms with Gasteiger partial charge in [0.1, 0.15) is 0 Å². The maximum absolute atomic E-state index is 6.15. The Morgan fingerprint density at radius 2 is 2.36 bits per heavy atom. The topological polar surface area (TPSA) is 43.8 Å². The minimum absolute atomic E-state index is 0.144. The van der Waals surface area contributed by atoms with Crippen LogP contribution in [0.15, 0.2) is 12.3 Å². The van der Waals surface area contributed by atoms with E-state index in [1.54, 1.807) is 0 Å². The Kier molecular flexibility index (Phi) is 2.35. The highest BCUT2D eigenvalue weighted by atomic mass is 15.3. The highest BCUT2D eigenvalue weighted by Gasteiger charge is 2.40. The van der Waals surface area contributed by atoms with Crippen LogP contribution < -0.4 is 5.73 Å². The van der Waals surface area contributed by atoms with Crippen molar-refractivity contribution in [1.82, 2.24) is 9.78 Å². The molecule has 0 spiro atoms. The standard InChI is InChI=1S/C11H19N3/c1-3-9(8-11(12)5-6-11)10-4-7-13-14(10)2/h4,7,9H,3,5-6,8,12H2,1-2H3. The number of hydrogen-bond acceptors (Lipinski definition) is 2. The summed E-state index contributed by atoms with van der Waals surface area (Å²) in [5, 5.41) is 4.21. The number of aromatic nitrogens is 2. The molecule has 0 bridgehead atoms. The van der Waals surface area contributed by atoms with Crippen molar-refractivity contribution in [2.75, 3.05) is 0 Å². The second-order valence-electron chi connectivity index (χ2n) is 4.55. The first-order chi connectivity index (χ1) is 6.64. The van der Waals surface area contributed by atoms with Crippen molar-refractivity contribution in [2.24, 2.45) is 12.8 Å². The van der Waals surface area contributed by atoms with Gasteiger partial charge < -0.3 is 5.73 Å². The second kappa shape index (κ2) is 3.39. The summed E-state index contributed by atoms with van der Waals surface area (Å²) in [7, 11) is 2.01. The summed E-state index contributed by atoms with van der Waals surface area (Å²) in [6, 6.07) is 2.11. The van der Waals surface area contributed by atoms with E-state index in [1.165, 1.54) is 18.5 Å². The third-order valence-corrected chi connectivity index (χ3v) is 3.32. The number of nitrogens with zero attached hydrogens (tertiary/aromatic N) is 2. The Hall–Kier alpha value is -0.830. The molecule has 0 amide bonds. The van der Waals surface area contributed by atoms with E-state index in [9.17, 15) is 0 Å². The molecule has 1 aliphatic rings. The molecular weight excluding hydrogens is 174 g/mol. The molecule has 2 rings (SSSR count). The third kappa shape index (κ3) is 1.82. The first-order valence-corrected chi connectivity index (χ1v) is 5.41. The Morgan fingerprint density at radius 1 is 1.64 bits per heavy atom. The Labute approximate surface area is 85.3 Å². The van der Waals surface area contributed by atoms with E-state index in [2.05, 4.69) is 18.1 Å². The summed E-state index contributed by atoms with van der Waals surface area (Å²) in [5.41, 5.74) is 7.62. The first-order valence-electron chi connectivity index (χ1n) is 5.41. The fourth-order valence-electron chi connectivity index (χ4n) is 2.10. The van der Waals surface area contributed by atoms with Crippen molar-refractivity contribution >= 4 is 0 Å². The van der Waals surface area contributed by atoms with Crippen LogP contribution in [0.2, 0.25) is 0 Å². The fraction of sp³-hybridized carbons (Fsp3) is 0.727. The zero-order valence-electron chi connectivity index (χ0n) is 9.03. The number of rotatable bonds is 4. The van der Waals surface area contributed by atoms with Crippen LogP contribution in [0.4, 0.5) is 0 Å². The Balaban J connectivity index is 2.09. The van der Waals surface area contributed by atoms with Crippen molar-refractivity contribution in [3.05, 3.63) is 18.0 Å². The summed E-state index contributed by atoms with van der Waals surface area (Å²) in [4.78, 5) is 0. The normalized spacial score (nSPS) is 20.8. The molecule has 1 aromatic rings. The zero-order chi connectivity index (χ0) is 10.2. The Morgan fingerprint density at radius 3 is 2.79 bits per heavy atom. The number of nitrogens with two attached hydrogens (primary N) is 1. The molecule has 1 heterocycles. The van der Waals surface area contributed by atoms with Crippen LogP contribution in [0.3, 0.4) is 0 Å². The van der Waals surface area contributed by atoms with Crippen molar-refractivity contribution in [3.63, 3.8) is 0 Å². The lowest BCUT2D eigenvalue weighted by Gasteiger charge is -2.19. The minimum Gasteiger partial charge on any atom is -0.325 e. The van der Waals surface area contributed by atoms with Gasteiger partial charge in [0.05, 0.1) is 0 Å². The third-order valence-electron chi connectivity index (χ3n) is 3.32. The van der Waals surface area contributed by atoms with Crippen LogP contribution in [0, 0.1) is 0 Å². The van der Waals surface area contributed by atoms with Gasteiger partial charge in [-0.25, -0.2) is 0 Å². The highest BCUT2D eigenvalue weighted by Crippen LogP contribution is 2.41. The molecule has 1 unspecified atom stereocenters. The van der Waals surface area contributed by atoms with E-state index >= 15 is 0 Å². The summed E-state index contributed by atoms with van der Waals surface area (Å²) < 4.78 is 1.97. The second-order valence-corrected chi connectivity index (χ2v) is 4.55. The summed E-state index contributed by atoms with van der Waals surface area (Å²) in [6.07, 6.45) is 6.53. The molecule has 78 valence electrons. The molecular formula is C11H19N3. The molecule has 0 saturated heterocycles. The molecule has 1 saturated carbocycles. The van der Waals surface area contributed by atoms with Gasteiger partial charge in [-0.2, -0.15) is 5.10 Å². The molecule has 1 aromatic heterocycles. The van der Waals surface area contributed by atoms with Crippen molar-refractivity contribution in [3.8, 4) is 0 Å². The van der Waals surface area contributed by atoms with Crippen molar-refractivity contribution in [1.29, 1.82) is 0 Å². The van der Waals surface area contributed by atoms with E-state index in [0.717, 1.165) is 12.8 Å². The van der Waals surface area contributed by atoms with E-state index in [4.69, 9.17) is 5.73 Å². The molecule has 0 radical (unpaired) electrons. The van der Waals surface area contributed by atoms with Gasteiger partial charge in [0.2, 0.25) is 0 Å². The quantitative estimate of drug-likeness (QED) is 0.792. The van der Waals surface area contributed by atoms with Crippen LogP contribution in [-0.4, -0.2) is 15.3 Å². The summed E-state index contributed by atoms with van der Waals surface area (Å²) >= 11 is 0. The molecule has 1 aliphatic carbocycles. The molecule has 0 aliphatic heterocycles. The van der Waals surface area contributed by atoms with Crippen LogP contribution in [0.25, 0.3) is 0 Å².